The molecule has 1 N–H and O–H groups in total. The summed E-state index contributed by atoms with van der Waals surface area (Å²) in [5.41, 5.74) is 2.46. The summed E-state index contributed by atoms with van der Waals surface area (Å²) in [5, 5.41) is 8.90. The third-order valence-electron chi connectivity index (χ3n) is 4.04. The largest absolute Gasteiger partial charge is 0.481 e. The van der Waals surface area contributed by atoms with E-state index in [0.717, 1.165) is 6.42 Å². The molecular weight excluding hydrogens is 254 g/mol. The Bertz CT molecular complexity index is 526. The molecule has 3 unspecified atom stereocenters. The van der Waals surface area contributed by atoms with Gasteiger partial charge in [0.15, 0.2) is 0 Å². The molecule has 1 aromatic rings. The zero-order chi connectivity index (χ0) is 14.9. The lowest BCUT2D eigenvalue weighted by atomic mass is 10.0. The maximum atomic E-state index is 12.3. The Hall–Kier alpha value is -1.84. The predicted octanol–water partition coefficient (Wildman–Crippen LogP) is 2.28. The second-order valence-corrected chi connectivity index (χ2v) is 5.76. The van der Waals surface area contributed by atoms with Crippen LogP contribution in [0, 0.1) is 18.8 Å². The first kappa shape index (κ1) is 14.6. The van der Waals surface area contributed by atoms with Crippen molar-refractivity contribution >= 4 is 11.9 Å². The first-order valence-corrected chi connectivity index (χ1v) is 6.95. The molecule has 0 aliphatic heterocycles. The number of aryl methyl sites for hydroxylation is 1. The van der Waals surface area contributed by atoms with Crippen LogP contribution in [0.2, 0.25) is 0 Å². The van der Waals surface area contributed by atoms with Crippen molar-refractivity contribution < 1.29 is 14.7 Å². The van der Waals surface area contributed by atoms with Crippen LogP contribution in [-0.4, -0.2) is 35.5 Å². The maximum absolute atomic E-state index is 12.3. The van der Waals surface area contributed by atoms with E-state index in [1.165, 1.54) is 11.1 Å². The Kier molecular flexibility index (Phi) is 4.12. The minimum Gasteiger partial charge on any atom is -0.481 e. The molecule has 0 bridgehead atoms. The number of aliphatic carboxylic acids is 1. The Morgan fingerprint density at radius 2 is 2.05 bits per heavy atom. The number of carbonyl (C=O) groups is 2. The number of hydrogen-bond acceptors (Lipinski definition) is 2. The van der Waals surface area contributed by atoms with Crippen molar-refractivity contribution in [2.24, 2.45) is 11.8 Å². The van der Waals surface area contributed by atoms with E-state index >= 15 is 0 Å². The summed E-state index contributed by atoms with van der Waals surface area (Å²) in [6, 6.07) is 8.13. The average molecular weight is 275 g/mol. The number of carbonyl (C=O) groups excluding carboxylic acids is 1. The summed E-state index contributed by atoms with van der Waals surface area (Å²) in [6.45, 7) is 3.95. The van der Waals surface area contributed by atoms with Crippen LogP contribution in [0.5, 0.6) is 0 Å². The normalized spacial score (nSPS) is 22.1. The SMILES string of the molecule is Cc1ccccc1C1CC1C(=O)N(C)CC(C)C(=O)O. The van der Waals surface area contributed by atoms with Gasteiger partial charge in [-0.3, -0.25) is 9.59 Å². The summed E-state index contributed by atoms with van der Waals surface area (Å²) in [5.74, 6) is -1.02. The average Bonchev–Trinajstić information content (AvgIpc) is 3.18. The summed E-state index contributed by atoms with van der Waals surface area (Å²) < 4.78 is 0. The van der Waals surface area contributed by atoms with Crippen LogP contribution in [0.1, 0.15) is 30.4 Å². The molecule has 2 rings (SSSR count). The van der Waals surface area contributed by atoms with Gasteiger partial charge >= 0.3 is 5.97 Å². The Labute approximate surface area is 119 Å². The van der Waals surface area contributed by atoms with Crippen LogP contribution >= 0.6 is 0 Å². The molecule has 3 atom stereocenters. The molecule has 1 aliphatic carbocycles. The topological polar surface area (TPSA) is 57.6 Å². The van der Waals surface area contributed by atoms with Crippen LogP contribution in [0.25, 0.3) is 0 Å². The molecule has 1 saturated carbocycles. The van der Waals surface area contributed by atoms with E-state index in [0.29, 0.717) is 5.92 Å². The lowest BCUT2D eigenvalue weighted by Crippen LogP contribution is -2.34. The molecule has 20 heavy (non-hydrogen) atoms. The van der Waals surface area contributed by atoms with E-state index in [4.69, 9.17) is 5.11 Å². The van der Waals surface area contributed by atoms with Crippen molar-refractivity contribution in [3.8, 4) is 0 Å². The number of hydrogen-bond donors (Lipinski definition) is 1. The monoisotopic (exact) mass is 275 g/mol. The van der Waals surface area contributed by atoms with Gasteiger partial charge in [0, 0.05) is 19.5 Å². The molecule has 1 amide bonds. The highest BCUT2D eigenvalue weighted by molar-refractivity contribution is 5.83. The maximum Gasteiger partial charge on any atom is 0.308 e. The fraction of sp³-hybridized carbons (Fsp3) is 0.500. The van der Waals surface area contributed by atoms with Crippen LogP contribution in [-0.2, 0) is 9.59 Å². The molecule has 0 spiro atoms. The van der Waals surface area contributed by atoms with Gasteiger partial charge in [-0.05, 0) is 30.4 Å². The minimum atomic E-state index is -0.865. The summed E-state index contributed by atoms with van der Waals surface area (Å²) in [7, 11) is 1.69. The van der Waals surface area contributed by atoms with E-state index in [1.807, 2.05) is 12.1 Å². The van der Waals surface area contributed by atoms with E-state index < -0.39 is 11.9 Å². The number of carboxylic acid groups (broad SMARTS) is 1. The summed E-state index contributed by atoms with van der Waals surface area (Å²) in [4.78, 5) is 24.7. The minimum absolute atomic E-state index is 0.0158. The van der Waals surface area contributed by atoms with E-state index in [1.54, 1.807) is 18.9 Å². The van der Waals surface area contributed by atoms with E-state index in [9.17, 15) is 9.59 Å². The molecule has 1 fully saturated rings. The second kappa shape index (κ2) is 5.65. The van der Waals surface area contributed by atoms with Gasteiger partial charge in [0.2, 0.25) is 5.91 Å². The van der Waals surface area contributed by atoms with E-state index in [2.05, 4.69) is 19.1 Å². The van der Waals surface area contributed by atoms with Crippen molar-refractivity contribution in [2.75, 3.05) is 13.6 Å². The third kappa shape index (κ3) is 3.00. The zero-order valence-electron chi connectivity index (χ0n) is 12.2. The molecular formula is C16H21NO3. The Balaban J connectivity index is 1.96. The van der Waals surface area contributed by atoms with Crippen LogP contribution < -0.4 is 0 Å². The van der Waals surface area contributed by atoms with Gasteiger partial charge < -0.3 is 10.0 Å². The number of carboxylic acids is 1. The lowest BCUT2D eigenvalue weighted by Gasteiger charge is -2.19. The number of benzene rings is 1. The van der Waals surface area contributed by atoms with Gasteiger partial charge in [-0.15, -0.1) is 0 Å². The molecule has 0 saturated heterocycles. The number of amides is 1. The van der Waals surface area contributed by atoms with Crippen LogP contribution in [0.15, 0.2) is 24.3 Å². The van der Waals surface area contributed by atoms with Crippen LogP contribution in [0.3, 0.4) is 0 Å². The fourth-order valence-electron chi connectivity index (χ4n) is 2.68. The molecule has 0 aromatic heterocycles. The second-order valence-electron chi connectivity index (χ2n) is 5.76. The van der Waals surface area contributed by atoms with Gasteiger partial charge in [-0.1, -0.05) is 31.2 Å². The molecule has 4 nitrogen and oxygen atoms in total. The van der Waals surface area contributed by atoms with Crippen LogP contribution in [0.4, 0.5) is 0 Å². The van der Waals surface area contributed by atoms with Crippen molar-refractivity contribution in [3.63, 3.8) is 0 Å². The van der Waals surface area contributed by atoms with Crippen molar-refractivity contribution in [2.45, 2.75) is 26.2 Å². The smallest absolute Gasteiger partial charge is 0.308 e. The quantitative estimate of drug-likeness (QED) is 0.897. The first-order chi connectivity index (χ1) is 9.41. The van der Waals surface area contributed by atoms with Gasteiger partial charge in [0.05, 0.1) is 5.92 Å². The summed E-state index contributed by atoms with van der Waals surface area (Å²) in [6.07, 6.45) is 0.871. The van der Waals surface area contributed by atoms with Gasteiger partial charge in [-0.2, -0.15) is 0 Å². The highest BCUT2D eigenvalue weighted by Crippen LogP contribution is 2.49. The van der Waals surface area contributed by atoms with Gasteiger partial charge in [-0.25, -0.2) is 0 Å². The van der Waals surface area contributed by atoms with Gasteiger partial charge in [0.25, 0.3) is 0 Å². The Morgan fingerprint density at radius 3 is 2.65 bits per heavy atom. The molecule has 0 radical (unpaired) electrons. The zero-order valence-corrected chi connectivity index (χ0v) is 12.2. The number of nitrogens with zero attached hydrogens (tertiary/aromatic N) is 1. The molecule has 108 valence electrons. The van der Waals surface area contributed by atoms with Gasteiger partial charge in [0.1, 0.15) is 0 Å². The fourth-order valence-corrected chi connectivity index (χ4v) is 2.68. The Morgan fingerprint density at radius 1 is 1.40 bits per heavy atom. The van der Waals surface area contributed by atoms with E-state index in [-0.39, 0.29) is 18.4 Å². The summed E-state index contributed by atoms with van der Waals surface area (Å²) >= 11 is 0. The highest BCUT2D eigenvalue weighted by atomic mass is 16.4. The predicted molar refractivity (Wildman–Crippen MR) is 76.5 cm³/mol. The van der Waals surface area contributed by atoms with Crippen molar-refractivity contribution in [1.29, 1.82) is 0 Å². The molecule has 4 heteroatoms. The van der Waals surface area contributed by atoms with Crippen molar-refractivity contribution in [3.05, 3.63) is 35.4 Å². The molecule has 0 heterocycles. The lowest BCUT2D eigenvalue weighted by molar-refractivity contribution is -0.142. The number of rotatable bonds is 5. The highest BCUT2D eigenvalue weighted by Gasteiger charge is 2.45. The third-order valence-corrected chi connectivity index (χ3v) is 4.04. The first-order valence-electron chi connectivity index (χ1n) is 6.95. The standard InChI is InChI=1S/C16H21NO3/c1-10-6-4-5-7-12(10)13-8-14(13)15(18)17(3)9-11(2)16(19)20/h4-7,11,13-14H,8-9H2,1-3H3,(H,19,20). The molecule has 1 aromatic carbocycles. The van der Waals surface area contributed by atoms with Crippen molar-refractivity contribution in [1.82, 2.24) is 4.90 Å². The molecule has 1 aliphatic rings.